The van der Waals surface area contributed by atoms with Crippen molar-refractivity contribution < 1.29 is 14.0 Å². The first-order valence-corrected chi connectivity index (χ1v) is 4.99. The van der Waals surface area contributed by atoms with Crippen molar-refractivity contribution in [2.75, 3.05) is 0 Å². The fraction of sp³-hybridized carbons (Fsp3) is 0.167. The van der Waals surface area contributed by atoms with E-state index in [-0.39, 0.29) is 11.5 Å². The lowest BCUT2D eigenvalue weighted by atomic mass is 10.0. The van der Waals surface area contributed by atoms with Gasteiger partial charge in [-0.2, -0.15) is 0 Å². The fourth-order valence-electron chi connectivity index (χ4n) is 1.67. The predicted octanol–water partition coefficient (Wildman–Crippen LogP) is 2.12. The lowest BCUT2D eigenvalue weighted by molar-refractivity contribution is 0.0945. The van der Waals surface area contributed by atoms with Gasteiger partial charge in [0.2, 0.25) is 5.76 Å². The van der Waals surface area contributed by atoms with E-state index in [0.717, 1.165) is 0 Å². The number of carbonyl (C=O) groups excluding carboxylic acids is 2. The quantitative estimate of drug-likeness (QED) is 0.800. The molecule has 2 N–H and O–H groups in total. The maximum atomic E-state index is 11.7. The van der Waals surface area contributed by atoms with Crippen LogP contribution >= 0.6 is 0 Å². The Morgan fingerprint density at radius 1 is 1.31 bits per heavy atom. The molecule has 0 spiro atoms. The topological polar surface area (TPSA) is 73.3 Å². The van der Waals surface area contributed by atoms with Crippen molar-refractivity contribution in [1.29, 1.82) is 0 Å². The number of hydrogen-bond donors (Lipinski definition) is 1. The van der Waals surface area contributed by atoms with Gasteiger partial charge in [0.25, 0.3) is 5.91 Å². The van der Waals surface area contributed by atoms with Crippen molar-refractivity contribution in [3.63, 3.8) is 0 Å². The molecule has 0 atom stereocenters. The molecule has 2 rings (SSSR count). The normalized spacial score (nSPS) is 10.6. The molecule has 4 nitrogen and oxygen atoms in total. The molecule has 0 aliphatic carbocycles. The molecule has 0 aliphatic heterocycles. The van der Waals surface area contributed by atoms with Crippen LogP contribution in [0.15, 0.2) is 28.7 Å². The van der Waals surface area contributed by atoms with E-state index in [1.54, 1.807) is 31.2 Å². The monoisotopic (exact) mass is 217 g/mol. The van der Waals surface area contributed by atoms with Crippen LogP contribution in [-0.2, 0) is 0 Å². The minimum Gasteiger partial charge on any atom is -0.450 e. The van der Waals surface area contributed by atoms with Gasteiger partial charge in [0.15, 0.2) is 5.78 Å². The first kappa shape index (κ1) is 10.4. The van der Waals surface area contributed by atoms with Crippen molar-refractivity contribution in [3.8, 4) is 0 Å². The molecule has 0 saturated carbocycles. The smallest absolute Gasteiger partial charge is 0.285 e. The van der Waals surface area contributed by atoms with E-state index in [1.165, 1.54) is 0 Å². The Morgan fingerprint density at radius 3 is 2.62 bits per heavy atom. The molecule has 0 radical (unpaired) electrons. The van der Waals surface area contributed by atoms with Crippen LogP contribution in [0, 0.1) is 0 Å². The molecule has 1 amide bonds. The van der Waals surface area contributed by atoms with Gasteiger partial charge in [-0.05, 0) is 6.07 Å². The lowest BCUT2D eigenvalue weighted by Gasteiger charge is -1.96. The number of carbonyl (C=O) groups is 2. The van der Waals surface area contributed by atoms with Crippen molar-refractivity contribution in [2.24, 2.45) is 5.73 Å². The summed E-state index contributed by atoms with van der Waals surface area (Å²) in [5.74, 6) is -0.903. The highest BCUT2D eigenvalue weighted by Gasteiger charge is 2.22. The molecule has 1 heterocycles. The average molecular weight is 217 g/mol. The summed E-state index contributed by atoms with van der Waals surface area (Å²) in [5.41, 5.74) is 5.99. The van der Waals surface area contributed by atoms with Crippen LogP contribution in [0.5, 0.6) is 0 Å². The van der Waals surface area contributed by atoms with Crippen LogP contribution in [0.25, 0.3) is 11.0 Å². The number of nitrogens with two attached hydrogens (primary N) is 1. The van der Waals surface area contributed by atoms with Gasteiger partial charge in [-0.1, -0.05) is 25.1 Å². The summed E-state index contributed by atoms with van der Waals surface area (Å²) in [4.78, 5) is 22.9. The second-order valence-electron chi connectivity index (χ2n) is 3.44. The molecule has 2 aromatic rings. The first-order chi connectivity index (χ1) is 7.65. The fourth-order valence-corrected chi connectivity index (χ4v) is 1.67. The molecular weight excluding hydrogens is 206 g/mol. The number of ketones is 1. The minimum absolute atomic E-state index is 0.0481. The second kappa shape index (κ2) is 3.81. The van der Waals surface area contributed by atoms with E-state index in [4.69, 9.17) is 10.2 Å². The largest absolute Gasteiger partial charge is 0.450 e. The highest BCUT2D eigenvalue weighted by Crippen LogP contribution is 2.26. The molecule has 0 bridgehead atoms. The zero-order valence-corrected chi connectivity index (χ0v) is 8.82. The Morgan fingerprint density at radius 2 is 2.00 bits per heavy atom. The van der Waals surface area contributed by atoms with Gasteiger partial charge in [0.1, 0.15) is 5.58 Å². The standard InChI is InChI=1S/C12H11NO3/c1-2-8(14)10-7-5-3-4-6-9(7)16-11(10)12(13)15/h3-6H,2H2,1H3,(H2,13,15). The number of primary amides is 1. The third kappa shape index (κ3) is 1.48. The summed E-state index contributed by atoms with van der Waals surface area (Å²) in [6.07, 6.45) is 0.309. The van der Waals surface area contributed by atoms with Crippen molar-refractivity contribution in [2.45, 2.75) is 13.3 Å². The third-order valence-electron chi connectivity index (χ3n) is 2.42. The van der Waals surface area contributed by atoms with Crippen molar-refractivity contribution in [1.82, 2.24) is 0 Å². The van der Waals surface area contributed by atoms with E-state index in [9.17, 15) is 9.59 Å². The van der Waals surface area contributed by atoms with Crippen LogP contribution in [0.4, 0.5) is 0 Å². The molecule has 0 fully saturated rings. The van der Waals surface area contributed by atoms with E-state index in [2.05, 4.69) is 0 Å². The molecule has 16 heavy (non-hydrogen) atoms. The highest BCUT2D eigenvalue weighted by molar-refractivity contribution is 6.14. The van der Waals surface area contributed by atoms with E-state index in [1.807, 2.05) is 0 Å². The van der Waals surface area contributed by atoms with E-state index < -0.39 is 5.91 Å². The van der Waals surface area contributed by atoms with Crippen LogP contribution in [0.2, 0.25) is 0 Å². The highest BCUT2D eigenvalue weighted by atomic mass is 16.3. The molecule has 1 aromatic heterocycles. The summed E-state index contributed by atoms with van der Waals surface area (Å²) in [7, 11) is 0. The van der Waals surface area contributed by atoms with Gasteiger partial charge in [0, 0.05) is 11.8 Å². The SMILES string of the molecule is CCC(=O)c1c(C(N)=O)oc2ccccc12. The lowest BCUT2D eigenvalue weighted by Crippen LogP contribution is -2.14. The predicted molar refractivity (Wildman–Crippen MR) is 59.4 cm³/mol. The third-order valence-corrected chi connectivity index (χ3v) is 2.42. The summed E-state index contributed by atoms with van der Waals surface area (Å²) in [6, 6.07) is 7.01. The molecule has 0 aliphatic rings. The summed E-state index contributed by atoms with van der Waals surface area (Å²) in [5, 5.41) is 0.642. The summed E-state index contributed by atoms with van der Waals surface area (Å²) in [6.45, 7) is 1.73. The number of amides is 1. The van der Waals surface area contributed by atoms with Gasteiger partial charge < -0.3 is 10.2 Å². The number of furan rings is 1. The van der Waals surface area contributed by atoms with Gasteiger partial charge >= 0.3 is 0 Å². The van der Waals surface area contributed by atoms with Crippen LogP contribution < -0.4 is 5.73 Å². The van der Waals surface area contributed by atoms with E-state index >= 15 is 0 Å². The van der Waals surface area contributed by atoms with Crippen LogP contribution in [0.3, 0.4) is 0 Å². The number of para-hydroxylation sites is 1. The summed E-state index contributed by atoms with van der Waals surface area (Å²) < 4.78 is 5.29. The van der Waals surface area contributed by atoms with Gasteiger partial charge in [-0.15, -0.1) is 0 Å². The molecule has 82 valence electrons. The molecule has 1 aromatic carbocycles. The number of rotatable bonds is 3. The van der Waals surface area contributed by atoms with Gasteiger partial charge in [-0.25, -0.2) is 0 Å². The second-order valence-corrected chi connectivity index (χ2v) is 3.44. The minimum atomic E-state index is -0.715. The Balaban J connectivity index is 2.79. The van der Waals surface area contributed by atoms with Crippen LogP contribution in [0.1, 0.15) is 34.3 Å². The zero-order chi connectivity index (χ0) is 11.7. The van der Waals surface area contributed by atoms with Gasteiger partial charge in [0.05, 0.1) is 5.56 Å². The number of Topliss-reactive ketones (excluding diaryl/α,β-unsaturated/α-hetero) is 1. The summed E-state index contributed by atoms with van der Waals surface area (Å²) >= 11 is 0. The number of hydrogen-bond acceptors (Lipinski definition) is 3. The Kier molecular flexibility index (Phi) is 2.48. The number of fused-ring (bicyclic) bond motifs is 1. The average Bonchev–Trinajstić information content (AvgIpc) is 2.67. The molecular formula is C12H11NO3. The van der Waals surface area contributed by atoms with Crippen molar-refractivity contribution >= 4 is 22.7 Å². The molecule has 0 saturated heterocycles. The van der Waals surface area contributed by atoms with Gasteiger partial charge in [-0.3, -0.25) is 9.59 Å². The maximum Gasteiger partial charge on any atom is 0.285 e. The maximum absolute atomic E-state index is 11.7. The van der Waals surface area contributed by atoms with Crippen molar-refractivity contribution in [3.05, 3.63) is 35.6 Å². The Labute approximate surface area is 92.0 Å². The first-order valence-electron chi connectivity index (χ1n) is 4.99. The molecule has 4 heteroatoms. The molecule has 0 unspecified atom stereocenters. The Hall–Kier alpha value is -2.10. The van der Waals surface area contributed by atoms with Crippen LogP contribution in [-0.4, -0.2) is 11.7 Å². The zero-order valence-electron chi connectivity index (χ0n) is 8.82. The number of benzene rings is 1. The Bertz CT molecular complexity index is 569. The van der Waals surface area contributed by atoms with E-state index in [0.29, 0.717) is 23.0 Å².